The second kappa shape index (κ2) is 19.7. The van der Waals surface area contributed by atoms with Gasteiger partial charge in [0.15, 0.2) is 0 Å². The molecule has 0 saturated carbocycles. The number of carbonyl (C=O) groups is 2. The van der Waals surface area contributed by atoms with E-state index in [1.54, 1.807) is 0 Å². The van der Waals surface area contributed by atoms with E-state index in [0.717, 1.165) is 18.8 Å². The van der Waals surface area contributed by atoms with E-state index < -0.39 is 5.97 Å². The standard InChI is InChI=1S/C21H41NO3.Na/c1-19(2)16-14-12-10-8-6-4-5-7-9-11-13-15-17-20(23)22(3)18-21(24)25;/h19H,4-18H2,1-3H3,(H,24,25);/q;+1/p-1. The molecule has 0 heterocycles. The van der Waals surface area contributed by atoms with Crippen molar-refractivity contribution in [3.63, 3.8) is 0 Å². The molecule has 0 fully saturated rings. The molecule has 0 aromatic carbocycles. The molecule has 0 N–H and O–H groups in total. The maximum atomic E-state index is 11.6. The van der Waals surface area contributed by atoms with Crippen LogP contribution in [-0.2, 0) is 9.59 Å². The van der Waals surface area contributed by atoms with Crippen molar-refractivity contribution in [3.8, 4) is 0 Å². The summed E-state index contributed by atoms with van der Waals surface area (Å²) in [6.45, 7) is 4.29. The number of carboxylic acids is 1. The molecule has 5 heteroatoms. The van der Waals surface area contributed by atoms with Crippen LogP contribution in [0.3, 0.4) is 0 Å². The Kier molecular flexibility index (Phi) is 21.3. The zero-order valence-electron chi connectivity index (χ0n) is 17.9. The van der Waals surface area contributed by atoms with Gasteiger partial charge in [0.05, 0.1) is 12.5 Å². The molecule has 0 aromatic rings. The zero-order valence-corrected chi connectivity index (χ0v) is 19.9. The van der Waals surface area contributed by atoms with Gasteiger partial charge in [0, 0.05) is 13.5 Å². The smallest absolute Gasteiger partial charge is 0.548 e. The molecule has 0 aliphatic carbocycles. The molecule has 26 heavy (non-hydrogen) atoms. The van der Waals surface area contributed by atoms with Crippen LogP contribution in [0.5, 0.6) is 0 Å². The van der Waals surface area contributed by atoms with Gasteiger partial charge >= 0.3 is 29.6 Å². The zero-order chi connectivity index (χ0) is 18.9. The van der Waals surface area contributed by atoms with Gasteiger partial charge in [0.25, 0.3) is 0 Å². The summed E-state index contributed by atoms with van der Waals surface area (Å²) in [5.41, 5.74) is 0. The molecule has 4 nitrogen and oxygen atoms in total. The normalized spacial score (nSPS) is 10.6. The molecule has 0 saturated heterocycles. The van der Waals surface area contributed by atoms with Crippen molar-refractivity contribution < 1.29 is 44.3 Å². The van der Waals surface area contributed by atoms with E-state index in [2.05, 4.69) is 13.8 Å². The van der Waals surface area contributed by atoms with Crippen LogP contribution in [0.1, 0.15) is 104 Å². The summed E-state index contributed by atoms with van der Waals surface area (Å²) in [5, 5.41) is 10.4. The van der Waals surface area contributed by atoms with E-state index in [1.165, 1.54) is 82.6 Å². The maximum absolute atomic E-state index is 11.6. The molecule has 1 amide bonds. The van der Waals surface area contributed by atoms with Gasteiger partial charge in [-0.2, -0.15) is 0 Å². The third kappa shape index (κ3) is 20.3. The Morgan fingerprint density at radius 1 is 0.769 bits per heavy atom. The number of rotatable bonds is 17. The summed E-state index contributed by atoms with van der Waals surface area (Å²) >= 11 is 0. The van der Waals surface area contributed by atoms with Gasteiger partial charge in [-0.3, -0.25) is 4.79 Å². The largest absolute Gasteiger partial charge is 1.00 e. The molecule has 148 valence electrons. The van der Waals surface area contributed by atoms with E-state index in [9.17, 15) is 14.7 Å². The van der Waals surface area contributed by atoms with Crippen LogP contribution >= 0.6 is 0 Å². The summed E-state index contributed by atoms with van der Waals surface area (Å²) in [5.74, 6) is -0.454. The van der Waals surface area contributed by atoms with Crippen LogP contribution in [0.15, 0.2) is 0 Å². The number of hydrogen-bond donors (Lipinski definition) is 0. The monoisotopic (exact) mass is 377 g/mol. The van der Waals surface area contributed by atoms with Gasteiger partial charge < -0.3 is 14.8 Å². The summed E-state index contributed by atoms with van der Waals surface area (Å²) in [4.78, 5) is 23.3. The van der Waals surface area contributed by atoms with Crippen LogP contribution in [0.2, 0.25) is 0 Å². The van der Waals surface area contributed by atoms with Crippen molar-refractivity contribution >= 4 is 11.9 Å². The first kappa shape index (κ1) is 28.2. The number of carbonyl (C=O) groups excluding carboxylic acids is 2. The summed E-state index contributed by atoms with van der Waals surface area (Å²) in [6.07, 6.45) is 17.1. The minimum atomic E-state index is -1.20. The Balaban J connectivity index is 0. The second-order valence-electron chi connectivity index (χ2n) is 7.80. The molecule has 0 radical (unpaired) electrons. The van der Waals surface area contributed by atoms with Crippen LogP contribution in [0, 0.1) is 5.92 Å². The van der Waals surface area contributed by atoms with Crippen LogP contribution in [0.25, 0.3) is 0 Å². The predicted octanol–water partition coefficient (Wildman–Crippen LogP) is 1.32. The maximum Gasteiger partial charge on any atom is 1.00 e. The first-order chi connectivity index (χ1) is 11.9. The summed E-state index contributed by atoms with van der Waals surface area (Å²) < 4.78 is 0. The number of amides is 1. The number of hydrogen-bond acceptors (Lipinski definition) is 3. The molecule has 0 spiro atoms. The average Bonchev–Trinajstić information content (AvgIpc) is 2.53. The van der Waals surface area contributed by atoms with E-state index in [0.29, 0.717) is 6.42 Å². The van der Waals surface area contributed by atoms with Crippen LogP contribution < -0.4 is 34.7 Å². The SMILES string of the molecule is CC(C)CCCCCCCCCCCCCCC(=O)N(C)CC(=O)[O-].[Na+]. The Morgan fingerprint density at radius 3 is 1.54 bits per heavy atom. The van der Waals surface area contributed by atoms with Crippen LogP contribution in [-0.4, -0.2) is 30.4 Å². The first-order valence-corrected chi connectivity index (χ1v) is 10.4. The van der Waals surface area contributed by atoms with Gasteiger partial charge in [-0.1, -0.05) is 90.9 Å². The molecule has 0 unspecified atom stereocenters. The van der Waals surface area contributed by atoms with E-state index in [-0.39, 0.29) is 42.0 Å². The minimum Gasteiger partial charge on any atom is -0.548 e. The fourth-order valence-electron chi connectivity index (χ4n) is 3.07. The molecular weight excluding hydrogens is 337 g/mol. The quantitative estimate of drug-likeness (QED) is 0.284. The Hall–Kier alpha value is -0.0600. The first-order valence-electron chi connectivity index (χ1n) is 10.4. The van der Waals surface area contributed by atoms with Crippen molar-refractivity contribution in [2.45, 2.75) is 104 Å². The Morgan fingerprint density at radius 2 is 1.15 bits per heavy atom. The molecule has 0 aromatic heterocycles. The van der Waals surface area contributed by atoms with Gasteiger partial charge in [-0.15, -0.1) is 0 Å². The predicted molar refractivity (Wildman–Crippen MR) is 102 cm³/mol. The molecular formula is C21H40NNaO3. The summed E-state index contributed by atoms with van der Waals surface area (Å²) in [6, 6.07) is 0. The van der Waals surface area contributed by atoms with Crippen molar-refractivity contribution in [1.82, 2.24) is 4.90 Å². The van der Waals surface area contributed by atoms with Crippen LogP contribution in [0.4, 0.5) is 0 Å². The number of carboxylic acid groups (broad SMARTS) is 1. The number of likely N-dealkylation sites (N-methyl/N-ethyl adjacent to an activating group) is 1. The molecule has 0 bridgehead atoms. The molecule has 0 aliphatic rings. The third-order valence-corrected chi connectivity index (χ3v) is 4.71. The van der Waals surface area contributed by atoms with E-state index in [4.69, 9.17) is 0 Å². The minimum absolute atomic E-state index is 0. The number of aliphatic carboxylic acids is 1. The average molecular weight is 378 g/mol. The molecule has 0 aliphatic heterocycles. The van der Waals surface area contributed by atoms with Crippen molar-refractivity contribution in [1.29, 1.82) is 0 Å². The van der Waals surface area contributed by atoms with E-state index in [1.807, 2.05) is 0 Å². The molecule has 0 atom stereocenters. The fraction of sp³-hybridized carbons (Fsp3) is 0.905. The van der Waals surface area contributed by atoms with E-state index >= 15 is 0 Å². The van der Waals surface area contributed by atoms with Gasteiger partial charge in [-0.05, 0) is 12.3 Å². The fourth-order valence-corrected chi connectivity index (χ4v) is 3.07. The van der Waals surface area contributed by atoms with Crippen molar-refractivity contribution in [2.75, 3.05) is 13.6 Å². The number of unbranched alkanes of at least 4 members (excludes halogenated alkanes) is 11. The Labute approximate surface area is 183 Å². The summed E-state index contributed by atoms with van der Waals surface area (Å²) in [7, 11) is 1.52. The molecule has 0 rings (SSSR count). The Bertz CT molecular complexity index is 348. The van der Waals surface area contributed by atoms with Gasteiger partial charge in [0.2, 0.25) is 5.91 Å². The number of nitrogens with zero attached hydrogens (tertiary/aromatic N) is 1. The topological polar surface area (TPSA) is 60.4 Å². The van der Waals surface area contributed by atoms with Gasteiger partial charge in [-0.25, -0.2) is 0 Å². The third-order valence-electron chi connectivity index (χ3n) is 4.71. The van der Waals surface area contributed by atoms with Gasteiger partial charge in [0.1, 0.15) is 0 Å². The van der Waals surface area contributed by atoms with Crippen molar-refractivity contribution in [2.24, 2.45) is 5.92 Å². The second-order valence-corrected chi connectivity index (χ2v) is 7.80. The van der Waals surface area contributed by atoms with Crippen molar-refractivity contribution in [3.05, 3.63) is 0 Å².